The smallest absolute Gasteiger partial charge is 0.260 e. The monoisotopic (exact) mass is 456 g/mol. The fraction of sp³-hybridized carbons (Fsp3) is 0.440. The molecular weight excluding hydrogens is 424 g/mol. The maximum absolute atomic E-state index is 13.9. The van der Waals surface area contributed by atoms with Gasteiger partial charge in [0.15, 0.2) is 11.5 Å². The lowest BCUT2D eigenvalue weighted by Crippen LogP contribution is -2.42. The first kappa shape index (κ1) is 24.2. The first-order chi connectivity index (χ1) is 16.0. The molecule has 0 saturated carbocycles. The quantitative estimate of drug-likeness (QED) is 0.506. The molecule has 1 fully saturated rings. The second kappa shape index (κ2) is 11.4. The van der Waals surface area contributed by atoms with Crippen molar-refractivity contribution < 1.29 is 28.5 Å². The van der Waals surface area contributed by atoms with E-state index in [9.17, 15) is 9.59 Å². The van der Waals surface area contributed by atoms with Gasteiger partial charge >= 0.3 is 0 Å². The Kier molecular flexibility index (Phi) is 8.40. The molecular formula is C25H32N2O6. The van der Waals surface area contributed by atoms with E-state index in [0.717, 1.165) is 6.42 Å². The molecule has 3 rings (SSSR count). The lowest BCUT2D eigenvalue weighted by Gasteiger charge is -2.29. The fourth-order valence-corrected chi connectivity index (χ4v) is 3.79. The summed E-state index contributed by atoms with van der Waals surface area (Å²) in [6.07, 6.45) is 1.26. The number of nitrogens with zero attached hydrogens (tertiary/aromatic N) is 2. The Morgan fingerprint density at radius 3 is 2.15 bits per heavy atom. The Labute approximate surface area is 195 Å². The average Bonchev–Trinajstić information content (AvgIpc) is 3.23. The Morgan fingerprint density at radius 2 is 1.61 bits per heavy atom. The van der Waals surface area contributed by atoms with Crippen LogP contribution >= 0.6 is 0 Å². The lowest BCUT2D eigenvalue weighted by atomic mass is 10.1. The van der Waals surface area contributed by atoms with E-state index in [2.05, 4.69) is 0 Å². The number of hydrogen-bond acceptors (Lipinski definition) is 6. The SMILES string of the molecule is CCOc1cc(C(=O)N(CN2CCCC2=O)c2ccccc2OC)cc(OCC)c1OCC. The van der Waals surface area contributed by atoms with E-state index < -0.39 is 0 Å². The van der Waals surface area contributed by atoms with Crippen molar-refractivity contribution in [3.8, 4) is 23.0 Å². The molecule has 1 aliphatic rings. The van der Waals surface area contributed by atoms with Gasteiger partial charge in [-0.2, -0.15) is 0 Å². The number of para-hydroxylation sites is 2. The second-order valence-electron chi connectivity index (χ2n) is 7.41. The van der Waals surface area contributed by atoms with E-state index in [1.54, 1.807) is 41.2 Å². The van der Waals surface area contributed by atoms with Gasteiger partial charge in [0.05, 0.1) is 32.6 Å². The first-order valence-electron chi connectivity index (χ1n) is 11.3. The number of anilines is 1. The van der Waals surface area contributed by atoms with Gasteiger partial charge in [0.25, 0.3) is 5.91 Å². The summed E-state index contributed by atoms with van der Waals surface area (Å²) >= 11 is 0. The summed E-state index contributed by atoms with van der Waals surface area (Å²) in [5.74, 6) is 1.61. The first-order valence-corrected chi connectivity index (χ1v) is 11.3. The summed E-state index contributed by atoms with van der Waals surface area (Å²) in [5, 5.41) is 0. The van der Waals surface area contributed by atoms with Crippen LogP contribution in [0, 0.1) is 0 Å². The number of likely N-dealkylation sites (tertiary alicyclic amines) is 1. The highest BCUT2D eigenvalue weighted by Gasteiger charge is 2.29. The van der Waals surface area contributed by atoms with Crippen molar-refractivity contribution in [2.45, 2.75) is 33.6 Å². The standard InChI is InChI=1S/C25H32N2O6/c1-5-31-21-15-18(16-22(32-6-2)24(21)33-7-3)25(29)27(17-26-14-10-13-23(26)28)19-11-8-9-12-20(19)30-4/h8-9,11-12,15-16H,5-7,10,13-14,17H2,1-4H3. The van der Waals surface area contributed by atoms with Crippen molar-refractivity contribution in [1.29, 1.82) is 0 Å². The molecule has 2 aromatic carbocycles. The summed E-state index contributed by atoms with van der Waals surface area (Å²) < 4.78 is 22.8. The van der Waals surface area contributed by atoms with Crippen molar-refractivity contribution >= 4 is 17.5 Å². The van der Waals surface area contributed by atoms with E-state index in [4.69, 9.17) is 18.9 Å². The Morgan fingerprint density at radius 1 is 0.970 bits per heavy atom. The van der Waals surface area contributed by atoms with Gasteiger partial charge in [-0.15, -0.1) is 0 Å². The van der Waals surface area contributed by atoms with Crippen molar-refractivity contribution in [3.63, 3.8) is 0 Å². The van der Waals surface area contributed by atoms with Gasteiger partial charge in [-0.05, 0) is 51.5 Å². The van der Waals surface area contributed by atoms with Crippen molar-refractivity contribution in [1.82, 2.24) is 4.90 Å². The zero-order chi connectivity index (χ0) is 23.8. The number of hydrogen-bond donors (Lipinski definition) is 0. The second-order valence-corrected chi connectivity index (χ2v) is 7.41. The number of rotatable bonds is 11. The number of carbonyl (C=O) groups excluding carboxylic acids is 2. The maximum atomic E-state index is 13.9. The van der Waals surface area contributed by atoms with Crippen LogP contribution in [0.4, 0.5) is 5.69 Å². The summed E-state index contributed by atoms with van der Waals surface area (Å²) in [4.78, 5) is 29.5. The van der Waals surface area contributed by atoms with Gasteiger partial charge in [0.2, 0.25) is 11.7 Å². The molecule has 2 aromatic rings. The molecule has 0 unspecified atom stereocenters. The van der Waals surface area contributed by atoms with Crippen LogP contribution in [-0.2, 0) is 4.79 Å². The van der Waals surface area contributed by atoms with Crippen LogP contribution in [0.25, 0.3) is 0 Å². The predicted octanol–water partition coefficient (Wildman–Crippen LogP) is 4.12. The highest BCUT2D eigenvalue weighted by molar-refractivity contribution is 6.07. The molecule has 8 nitrogen and oxygen atoms in total. The molecule has 1 saturated heterocycles. The molecule has 8 heteroatoms. The fourth-order valence-electron chi connectivity index (χ4n) is 3.79. The Bertz CT molecular complexity index is 950. The third kappa shape index (κ3) is 5.50. The molecule has 0 spiro atoms. The third-order valence-corrected chi connectivity index (χ3v) is 5.26. The predicted molar refractivity (Wildman–Crippen MR) is 126 cm³/mol. The number of methoxy groups -OCH3 is 1. The number of benzene rings is 2. The van der Waals surface area contributed by atoms with E-state index in [-0.39, 0.29) is 18.5 Å². The van der Waals surface area contributed by atoms with Crippen LogP contribution in [0.15, 0.2) is 36.4 Å². The van der Waals surface area contributed by atoms with E-state index in [1.165, 1.54) is 0 Å². The van der Waals surface area contributed by atoms with E-state index in [0.29, 0.717) is 67.0 Å². The van der Waals surface area contributed by atoms with Gasteiger partial charge in [0, 0.05) is 18.5 Å². The van der Waals surface area contributed by atoms with Crippen LogP contribution in [0.2, 0.25) is 0 Å². The van der Waals surface area contributed by atoms with Gasteiger partial charge in [0.1, 0.15) is 12.4 Å². The molecule has 0 bridgehead atoms. The van der Waals surface area contributed by atoms with Crippen LogP contribution < -0.4 is 23.8 Å². The molecule has 178 valence electrons. The van der Waals surface area contributed by atoms with Crippen molar-refractivity contribution in [2.24, 2.45) is 0 Å². The van der Waals surface area contributed by atoms with Crippen LogP contribution in [-0.4, -0.2) is 56.9 Å². The molecule has 2 amide bonds. The summed E-state index contributed by atoms with van der Waals surface area (Å²) in [6.45, 7) is 7.58. The van der Waals surface area contributed by atoms with Gasteiger partial charge in [-0.1, -0.05) is 12.1 Å². The highest BCUT2D eigenvalue weighted by Crippen LogP contribution is 2.40. The van der Waals surface area contributed by atoms with Gasteiger partial charge in [-0.3, -0.25) is 14.5 Å². The largest absolute Gasteiger partial charge is 0.495 e. The third-order valence-electron chi connectivity index (χ3n) is 5.26. The minimum atomic E-state index is -0.302. The zero-order valence-electron chi connectivity index (χ0n) is 19.8. The highest BCUT2D eigenvalue weighted by atomic mass is 16.5. The molecule has 0 radical (unpaired) electrons. The van der Waals surface area contributed by atoms with E-state index >= 15 is 0 Å². The molecule has 0 aromatic heterocycles. The lowest BCUT2D eigenvalue weighted by molar-refractivity contribution is -0.127. The van der Waals surface area contributed by atoms with Crippen LogP contribution in [0.3, 0.4) is 0 Å². The zero-order valence-corrected chi connectivity index (χ0v) is 19.8. The van der Waals surface area contributed by atoms with Crippen molar-refractivity contribution in [2.75, 3.05) is 45.0 Å². The number of ether oxygens (including phenoxy) is 4. The van der Waals surface area contributed by atoms with E-state index in [1.807, 2.05) is 32.9 Å². The number of amides is 2. The summed E-state index contributed by atoms with van der Waals surface area (Å²) in [5.41, 5.74) is 0.942. The summed E-state index contributed by atoms with van der Waals surface area (Å²) in [7, 11) is 1.56. The maximum Gasteiger partial charge on any atom is 0.260 e. The minimum Gasteiger partial charge on any atom is -0.495 e. The summed E-state index contributed by atoms with van der Waals surface area (Å²) in [6, 6.07) is 10.6. The van der Waals surface area contributed by atoms with Gasteiger partial charge < -0.3 is 23.8 Å². The number of carbonyl (C=O) groups is 2. The van der Waals surface area contributed by atoms with Gasteiger partial charge in [-0.25, -0.2) is 0 Å². The molecule has 33 heavy (non-hydrogen) atoms. The molecule has 0 aliphatic carbocycles. The minimum absolute atomic E-state index is 0.0272. The molecule has 1 heterocycles. The Balaban J connectivity index is 2.08. The topological polar surface area (TPSA) is 77.5 Å². The average molecular weight is 457 g/mol. The van der Waals surface area contributed by atoms with Crippen molar-refractivity contribution in [3.05, 3.63) is 42.0 Å². The molecule has 1 aliphatic heterocycles. The van der Waals surface area contributed by atoms with Crippen LogP contribution in [0.1, 0.15) is 44.0 Å². The molecule has 0 atom stereocenters. The Hall–Kier alpha value is -3.42. The normalized spacial score (nSPS) is 13.1. The molecule has 0 N–H and O–H groups in total. The van der Waals surface area contributed by atoms with Crippen LogP contribution in [0.5, 0.6) is 23.0 Å².